The van der Waals surface area contributed by atoms with Crippen molar-refractivity contribution in [2.24, 2.45) is 0 Å². The maximum absolute atomic E-state index is 5.92. The van der Waals surface area contributed by atoms with Gasteiger partial charge in [-0.1, -0.05) is 13.3 Å². The fraction of sp³-hybridized carbons (Fsp3) is 0.308. The highest BCUT2D eigenvalue weighted by Gasteiger charge is 2.12. The number of rotatable bonds is 3. The van der Waals surface area contributed by atoms with Gasteiger partial charge in [-0.05, 0) is 25.0 Å². The largest absolute Gasteiger partial charge is 0.383 e. The average molecular weight is 228 g/mol. The lowest BCUT2D eigenvalue weighted by Gasteiger charge is -2.11. The van der Waals surface area contributed by atoms with Gasteiger partial charge in [0.1, 0.15) is 12.1 Å². The van der Waals surface area contributed by atoms with Gasteiger partial charge >= 0.3 is 0 Å². The summed E-state index contributed by atoms with van der Waals surface area (Å²) in [4.78, 5) is 12.6. The molecule has 0 aromatic carbocycles. The average Bonchev–Trinajstić information content (AvgIpc) is 2.33. The van der Waals surface area contributed by atoms with Crippen molar-refractivity contribution in [3.63, 3.8) is 0 Å². The molecule has 17 heavy (non-hydrogen) atoms. The molecule has 0 saturated carbocycles. The highest BCUT2D eigenvalue weighted by atomic mass is 14.9. The number of nitrogen functional groups attached to an aromatic ring is 1. The maximum atomic E-state index is 5.92. The Kier molecular flexibility index (Phi) is 3.32. The Balaban J connectivity index is 2.59. The predicted molar refractivity (Wildman–Crippen MR) is 68.4 cm³/mol. The fourth-order valence-electron chi connectivity index (χ4n) is 1.87. The summed E-state index contributed by atoms with van der Waals surface area (Å²) in [6.45, 7) is 4.16. The van der Waals surface area contributed by atoms with Gasteiger partial charge in [-0.15, -0.1) is 0 Å². The van der Waals surface area contributed by atoms with E-state index in [1.807, 2.05) is 19.2 Å². The van der Waals surface area contributed by atoms with Crippen LogP contribution in [0.2, 0.25) is 0 Å². The first kappa shape index (κ1) is 11.5. The Bertz CT molecular complexity index is 523. The molecular weight excluding hydrogens is 212 g/mol. The summed E-state index contributed by atoms with van der Waals surface area (Å²) in [7, 11) is 0. The van der Waals surface area contributed by atoms with Crippen LogP contribution >= 0.6 is 0 Å². The molecule has 0 radical (unpaired) electrons. The lowest BCUT2D eigenvalue weighted by atomic mass is 10.0. The third kappa shape index (κ3) is 2.25. The van der Waals surface area contributed by atoms with E-state index >= 15 is 0 Å². The van der Waals surface area contributed by atoms with E-state index < -0.39 is 0 Å². The molecule has 4 heteroatoms. The van der Waals surface area contributed by atoms with E-state index in [1.165, 1.54) is 6.33 Å². The highest BCUT2D eigenvalue weighted by Crippen LogP contribution is 2.27. The van der Waals surface area contributed by atoms with Crippen molar-refractivity contribution in [2.75, 3.05) is 5.73 Å². The third-order valence-corrected chi connectivity index (χ3v) is 2.77. The van der Waals surface area contributed by atoms with Crippen molar-refractivity contribution in [2.45, 2.75) is 26.7 Å². The van der Waals surface area contributed by atoms with E-state index in [0.717, 1.165) is 35.2 Å². The van der Waals surface area contributed by atoms with Crippen LogP contribution < -0.4 is 5.73 Å². The second-order valence-electron chi connectivity index (χ2n) is 4.03. The van der Waals surface area contributed by atoms with Gasteiger partial charge in [-0.3, -0.25) is 4.98 Å². The van der Waals surface area contributed by atoms with Crippen LogP contribution in [0.1, 0.15) is 24.5 Å². The van der Waals surface area contributed by atoms with Gasteiger partial charge in [0.25, 0.3) is 0 Å². The van der Waals surface area contributed by atoms with Gasteiger partial charge in [0.15, 0.2) is 0 Å². The summed E-state index contributed by atoms with van der Waals surface area (Å²) in [5.41, 5.74) is 10.0. The number of hydrogen-bond acceptors (Lipinski definition) is 4. The molecule has 0 aliphatic carbocycles. The smallest absolute Gasteiger partial charge is 0.130 e. The maximum Gasteiger partial charge on any atom is 0.130 e. The molecule has 0 aliphatic rings. The molecule has 2 rings (SSSR count). The number of nitrogens with two attached hydrogens (primary N) is 1. The SMILES string of the molecule is CCCc1c(N)ncnc1-c1cnccc1C. The van der Waals surface area contributed by atoms with Crippen LogP contribution in [0.25, 0.3) is 11.3 Å². The van der Waals surface area contributed by atoms with Gasteiger partial charge in [0, 0.05) is 23.5 Å². The zero-order valence-electron chi connectivity index (χ0n) is 10.1. The van der Waals surface area contributed by atoms with E-state index in [0.29, 0.717) is 5.82 Å². The van der Waals surface area contributed by atoms with Gasteiger partial charge in [0.2, 0.25) is 0 Å². The van der Waals surface area contributed by atoms with Crippen LogP contribution in [0.3, 0.4) is 0 Å². The molecule has 4 nitrogen and oxygen atoms in total. The Hall–Kier alpha value is -1.97. The minimum absolute atomic E-state index is 0.570. The lowest BCUT2D eigenvalue weighted by molar-refractivity contribution is 0.907. The molecule has 88 valence electrons. The number of aromatic nitrogens is 3. The highest BCUT2D eigenvalue weighted by molar-refractivity contribution is 5.69. The number of aryl methyl sites for hydroxylation is 1. The molecular formula is C13H16N4. The molecule has 0 aliphatic heterocycles. The normalized spacial score (nSPS) is 10.5. The van der Waals surface area contributed by atoms with Crippen LogP contribution in [0.4, 0.5) is 5.82 Å². The van der Waals surface area contributed by atoms with E-state index in [-0.39, 0.29) is 0 Å². The molecule has 2 N–H and O–H groups in total. The monoisotopic (exact) mass is 228 g/mol. The second kappa shape index (κ2) is 4.91. The first-order chi connectivity index (χ1) is 8.24. The molecule has 0 amide bonds. The molecule has 2 heterocycles. The summed E-state index contributed by atoms with van der Waals surface area (Å²) in [5, 5.41) is 0. The zero-order valence-corrected chi connectivity index (χ0v) is 10.1. The van der Waals surface area contributed by atoms with E-state index in [4.69, 9.17) is 5.73 Å². The Labute approximate surface area is 101 Å². The number of anilines is 1. The Morgan fingerprint density at radius 1 is 1.29 bits per heavy atom. The second-order valence-corrected chi connectivity index (χ2v) is 4.03. The molecule has 0 bridgehead atoms. The van der Waals surface area contributed by atoms with Crippen LogP contribution in [-0.4, -0.2) is 15.0 Å². The van der Waals surface area contributed by atoms with E-state index in [2.05, 4.69) is 21.9 Å². The molecule has 2 aromatic rings. The minimum Gasteiger partial charge on any atom is -0.383 e. The van der Waals surface area contributed by atoms with Crippen molar-refractivity contribution in [3.8, 4) is 11.3 Å². The predicted octanol–water partition coefficient (Wildman–Crippen LogP) is 2.38. The lowest BCUT2D eigenvalue weighted by Crippen LogP contribution is -2.03. The topological polar surface area (TPSA) is 64.7 Å². The van der Waals surface area contributed by atoms with Crippen molar-refractivity contribution in [1.29, 1.82) is 0 Å². The summed E-state index contributed by atoms with van der Waals surface area (Å²) in [6, 6.07) is 1.98. The Morgan fingerprint density at radius 3 is 2.82 bits per heavy atom. The van der Waals surface area contributed by atoms with Gasteiger partial charge < -0.3 is 5.73 Å². The van der Waals surface area contributed by atoms with E-state index in [9.17, 15) is 0 Å². The fourth-order valence-corrected chi connectivity index (χ4v) is 1.87. The molecule has 2 aromatic heterocycles. The zero-order chi connectivity index (χ0) is 12.3. The van der Waals surface area contributed by atoms with Crippen molar-refractivity contribution >= 4 is 5.82 Å². The number of pyridine rings is 1. The van der Waals surface area contributed by atoms with Crippen molar-refractivity contribution in [3.05, 3.63) is 35.9 Å². The van der Waals surface area contributed by atoms with Crippen LogP contribution in [0.15, 0.2) is 24.8 Å². The molecule has 0 atom stereocenters. The van der Waals surface area contributed by atoms with E-state index in [1.54, 1.807) is 6.20 Å². The number of hydrogen-bond donors (Lipinski definition) is 1. The summed E-state index contributed by atoms with van der Waals surface area (Å²) >= 11 is 0. The number of nitrogens with zero attached hydrogens (tertiary/aromatic N) is 3. The Morgan fingerprint density at radius 2 is 2.12 bits per heavy atom. The van der Waals surface area contributed by atoms with Gasteiger partial charge in [0.05, 0.1) is 5.69 Å². The quantitative estimate of drug-likeness (QED) is 0.876. The first-order valence-electron chi connectivity index (χ1n) is 5.74. The van der Waals surface area contributed by atoms with Crippen LogP contribution in [-0.2, 0) is 6.42 Å². The molecule has 0 unspecified atom stereocenters. The standard InChI is InChI=1S/C13H16N4/c1-3-4-10-12(16-8-17-13(10)14)11-7-15-6-5-9(11)2/h5-8H,3-4H2,1-2H3,(H2,14,16,17). The minimum atomic E-state index is 0.570. The van der Waals surface area contributed by atoms with Crippen LogP contribution in [0.5, 0.6) is 0 Å². The van der Waals surface area contributed by atoms with Gasteiger partial charge in [-0.25, -0.2) is 9.97 Å². The summed E-state index contributed by atoms with van der Waals surface area (Å²) in [6.07, 6.45) is 7.02. The molecule has 0 spiro atoms. The summed E-state index contributed by atoms with van der Waals surface area (Å²) in [5.74, 6) is 0.570. The van der Waals surface area contributed by atoms with Crippen LogP contribution in [0, 0.1) is 6.92 Å². The first-order valence-corrected chi connectivity index (χ1v) is 5.74. The summed E-state index contributed by atoms with van der Waals surface area (Å²) < 4.78 is 0. The molecule has 0 fully saturated rings. The third-order valence-electron chi connectivity index (χ3n) is 2.77. The molecule has 0 saturated heterocycles. The van der Waals surface area contributed by atoms with Crippen molar-refractivity contribution in [1.82, 2.24) is 15.0 Å². The van der Waals surface area contributed by atoms with Crippen molar-refractivity contribution < 1.29 is 0 Å². The van der Waals surface area contributed by atoms with Gasteiger partial charge in [-0.2, -0.15) is 0 Å².